The Labute approximate surface area is 132 Å². The number of hydrogen-bond donors (Lipinski definition) is 2. The molecule has 0 aliphatic carbocycles. The van der Waals surface area contributed by atoms with E-state index in [1.807, 2.05) is 41.3 Å². The van der Waals surface area contributed by atoms with Gasteiger partial charge in [-0.1, -0.05) is 18.2 Å². The van der Waals surface area contributed by atoms with Gasteiger partial charge in [-0.2, -0.15) is 15.4 Å². The van der Waals surface area contributed by atoms with Crippen molar-refractivity contribution in [3.63, 3.8) is 0 Å². The van der Waals surface area contributed by atoms with Crippen molar-refractivity contribution in [3.05, 3.63) is 59.4 Å². The monoisotopic (exact) mass is 305 g/mol. The molecule has 4 aromatic rings. The van der Waals surface area contributed by atoms with Crippen LogP contribution in [0.4, 0.5) is 5.82 Å². The van der Waals surface area contributed by atoms with Crippen LogP contribution in [0.5, 0.6) is 0 Å². The smallest absolute Gasteiger partial charge is 0.203 e. The van der Waals surface area contributed by atoms with Crippen molar-refractivity contribution in [2.24, 2.45) is 0 Å². The lowest BCUT2D eigenvalue weighted by molar-refractivity contribution is 0.872. The second-order valence-corrected chi connectivity index (χ2v) is 5.46. The summed E-state index contributed by atoms with van der Waals surface area (Å²) in [6, 6.07) is 9.97. The summed E-state index contributed by atoms with van der Waals surface area (Å²) in [6.45, 7) is 2.07. The molecule has 0 aliphatic heterocycles. The molecule has 3 heterocycles. The Hall–Kier alpha value is -3.22. The number of nitrogens with zero attached hydrogens (tertiary/aromatic N) is 5. The van der Waals surface area contributed by atoms with Crippen molar-refractivity contribution in [1.82, 2.24) is 30.2 Å². The van der Waals surface area contributed by atoms with E-state index in [1.54, 1.807) is 0 Å². The number of pyridine rings is 1. The maximum absolute atomic E-state index is 5.84. The molecule has 23 heavy (non-hydrogen) atoms. The summed E-state index contributed by atoms with van der Waals surface area (Å²) in [6.07, 6.45) is 4.54. The summed E-state index contributed by atoms with van der Waals surface area (Å²) in [5.74, 6) is 0.438. The Morgan fingerprint density at radius 3 is 2.96 bits per heavy atom. The molecular weight excluding hydrogens is 290 g/mol. The predicted molar refractivity (Wildman–Crippen MR) is 87.2 cm³/mol. The summed E-state index contributed by atoms with van der Waals surface area (Å²) >= 11 is 0. The second kappa shape index (κ2) is 5.20. The largest absolute Gasteiger partial charge is 0.384 e. The van der Waals surface area contributed by atoms with Crippen LogP contribution in [0.15, 0.2) is 42.7 Å². The molecular formula is C16H15N7. The van der Waals surface area contributed by atoms with Gasteiger partial charge in [0.25, 0.3) is 0 Å². The van der Waals surface area contributed by atoms with E-state index in [4.69, 9.17) is 5.73 Å². The number of fused-ring (bicyclic) bond motifs is 1. The molecule has 7 heteroatoms. The van der Waals surface area contributed by atoms with Gasteiger partial charge in [-0.15, -0.1) is 5.10 Å². The van der Waals surface area contributed by atoms with E-state index in [1.165, 1.54) is 5.56 Å². The van der Waals surface area contributed by atoms with Crippen LogP contribution < -0.4 is 5.73 Å². The van der Waals surface area contributed by atoms with Crippen molar-refractivity contribution in [2.45, 2.75) is 13.3 Å². The Morgan fingerprint density at radius 1 is 1.22 bits per heavy atom. The third kappa shape index (κ3) is 2.42. The Morgan fingerprint density at radius 2 is 2.09 bits per heavy atom. The van der Waals surface area contributed by atoms with Gasteiger partial charge in [-0.05, 0) is 35.7 Å². The number of nitrogens with one attached hydrogen (secondary N) is 1. The first kappa shape index (κ1) is 13.4. The van der Waals surface area contributed by atoms with Crippen molar-refractivity contribution in [3.8, 4) is 5.69 Å². The van der Waals surface area contributed by atoms with E-state index in [0.29, 0.717) is 17.9 Å². The minimum atomic E-state index is 0.438. The molecule has 0 atom stereocenters. The van der Waals surface area contributed by atoms with Crippen LogP contribution in [-0.2, 0) is 6.42 Å². The topological polar surface area (TPSA) is 98.3 Å². The van der Waals surface area contributed by atoms with Crippen LogP contribution in [0.3, 0.4) is 0 Å². The average Bonchev–Trinajstić information content (AvgIpc) is 3.17. The maximum Gasteiger partial charge on any atom is 0.203 e. The number of hydrogen-bond acceptors (Lipinski definition) is 5. The van der Waals surface area contributed by atoms with Gasteiger partial charge in [0.2, 0.25) is 5.65 Å². The zero-order chi connectivity index (χ0) is 15.8. The number of rotatable bonds is 3. The molecule has 0 radical (unpaired) electrons. The predicted octanol–water partition coefficient (Wildman–Crippen LogP) is 2.02. The molecule has 0 aliphatic rings. The van der Waals surface area contributed by atoms with Gasteiger partial charge in [0.05, 0.1) is 11.9 Å². The Kier molecular flexibility index (Phi) is 3.04. The zero-order valence-electron chi connectivity index (χ0n) is 12.6. The molecule has 0 spiro atoms. The highest BCUT2D eigenvalue weighted by molar-refractivity contribution is 5.76. The van der Waals surface area contributed by atoms with Crippen LogP contribution in [0.2, 0.25) is 0 Å². The highest BCUT2D eigenvalue weighted by Gasteiger charge is 2.11. The quantitative estimate of drug-likeness (QED) is 0.603. The molecule has 0 fully saturated rings. The third-order valence-electron chi connectivity index (χ3n) is 3.78. The van der Waals surface area contributed by atoms with Crippen LogP contribution in [0, 0.1) is 6.92 Å². The molecule has 0 unspecified atom stereocenters. The van der Waals surface area contributed by atoms with E-state index < -0.39 is 0 Å². The van der Waals surface area contributed by atoms with Gasteiger partial charge in [0, 0.05) is 12.6 Å². The molecule has 0 bridgehead atoms. The van der Waals surface area contributed by atoms with Crippen LogP contribution >= 0.6 is 0 Å². The van der Waals surface area contributed by atoms with Gasteiger partial charge in [-0.25, -0.2) is 9.67 Å². The highest BCUT2D eigenvalue weighted by Crippen LogP contribution is 2.20. The molecule has 3 aromatic heterocycles. The Balaban J connectivity index is 1.70. The minimum Gasteiger partial charge on any atom is -0.384 e. The van der Waals surface area contributed by atoms with Crippen molar-refractivity contribution >= 4 is 17.0 Å². The summed E-state index contributed by atoms with van der Waals surface area (Å²) in [5, 5.41) is 15.2. The standard InChI is InChI=1S/C16H15N7/c1-10-4-2-3-5-13(10)23-9-11(8-18-23)6-12-7-14(17)19-16-15(12)20-22-21-16/h2-5,7-9H,6H2,1H3,(H3,17,19,20,21,22). The number of H-pyrrole nitrogens is 1. The lowest BCUT2D eigenvalue weighted by Gasteiger charge is -2.04. The molecule has 114 valence electrons. The van der Waals surface area contributed by atoms with Gasteiger partial charge in [0.1, 0.15) is 11.3 Å². The number of para-hydroxylation sites is 1. The normalized spacial score (nSPS) is 11.2. The van der Waals surface area contributed by atoms with E-state index in [-0.39, 0.29) is 0 Å². The lowest BCUT2D eigenvalue weighted by atomic mass is 10.1. The number of nitrogens with two attached hydrogens (primary N) is 1. The molecule has 0 amide bonds. The fourth-order valence-corrected chi connectivity index (χ4v) is 2.68. The number of anilines is 1. The van der Waals surface area contributed by atoms with E-state index >= 15 is 0 Å². The fourth-order valence-electron chi connectivity index (χ4n) is 2.68. The van der Waals surface area contributed by atoms with Crippen molar-refractivity contribution < 1.29 is 0 Å². The van der Waals surface area contributed by atoms with Crippen molar-refractivity contribution in [1.29, 1.82) is 0 Å². The number of benzene rings is 1. The summed E-state index contributed by atoms with van der Waals surface area (Å²) in [4.78, 5) is 4.15. The fraction of sp³-hybridized carbons (Fsp3) is 0.125. The van der Waals surface area contributed by atoms with Gasteiger partial charge < -0.3 is 5.73 Å². The average molecular weight is 305 g/mol. The lowest BCUT2D eigenvalue weighted by Crippen LogP contribution is -1.97. The molecule has 7 nitrogen and oxygen atoms in total. The van der Waals surface area contributed by atoms with Crippen LogP contribution in [0.25, 0.3) is 16.9 Å². The summed E-state index contributed by atoms with van der Waals surface area (Å²) in [5.41, 5.74) is 11.4. The van der Waals surface area contributed by atoms with E-state index in [0.717, 1.165) is 22.3 Å². The number of aromatic amines is 1. The van der Waals surface area contributed by atoms with E-state index in [2.05, 4.69) is 38.5 Å². The number of aromatic nitrogens is 6. The first-order chi connectivity index (χ1) is 11.2. The summed E-state index contributed by atoms with van der Waals surface area (Å²) in [7, 11) is 0. The summed E-state index contributed by atoms with van der Waals surface area (Å²) < 4.78 is 1.88. The molecule has 1 aromatic carbocycles. The van der Waals surface area contributed by atoms with Crippen LogP contribution in [0.1, 0.15) is 16.7 Å². The SMILES string of the molecule is Cc1ccccc1-n1cc(Cc2cc(N)nc3n[nH]nc23)cn1. The Bertz CT molecular complexity index is 983. The zero-order valence-corrected chi connectivity index (χ0v) is 12.6. The van der Waals surface area contributed by atoms with Crippen LogP contribution in [-0.4, -0.2) is 30.2 Å². The first-order valence-corrected chi connectivity index (χ1v) is 7.26. The van der Waals surface area contributed by atoms with Gasteiger partial charge >= 0.3 is 0 Å². The minimum absolute atomic E-state index is 0.438. The van der Waals surface area contributed by atoms with Gasteiger partial charge in [-0.3, -0.25) is 0 Å². The molecule has 0 saturated heterocycles. The molecule has 4 rings (SSSR count). The highest BCUT2D eigenvalue weighted by atomic mass is 15.3. The van der Waals surface area contributed by atoms with E-state index in [9.17, 15) is 0 Å². The number of aryl methyl sites for hydroxylation is 1. The molecule has 0 saturated carbocycles. The molecule has 3 N–H and O–H groups in total. The third-order valence-corrected chi connectivity index (χ3v) is 3.78. The second-order valence-electron chi connectivity index (χ2n) is 5.46. The van der Waals surface area contributed by atoms with Gasteiger partial charge in [0.15, 0.2) is 0 Å². The maximum atomic E-state index is 5.84. The number of nitrogen functional groups attached to an aromatic ring is 1. The van der Waals surface area contributed by atoms with Crippen molar-refractivity contribution in [2.75, 3.05) is 5.73 Å². The first-order valence-electron chi connectivity index (χ1n) is 7.26.